The molecule has 21 heavy (non-hydrogen) atoms. The number of aromatic amines is 1. The SMILES string of the molecule is CCCn1c(O)c(C=C2C=Nc3ccc(Br)cc32)[nH]c1=O. The van der Waals surface area contributed by atoms with Crippen molar-refractivity contribution >= 4 is 39.5 Å². The van der Waals surface area contributed by atoms with Crippen molar-refractivity contribution < 1.29 is 5.11 Å². The van der Waals surface area contributed by atoms with E-state index in [4.69, 9.17) is 0 Å². The van der Waals surface area contributed by atoms with Gasteiger partial charge >= 0.3 is 5.69 Å². The molecule has 0 aliphatic carbocycles. The maximum absolute atomic E-state index is 11.8. The Morgan fingerprint density at radius 2 is 2.29 bits per heavy atom. The molecule has 3 rings (SSSR count). The Hall–Kier alpha value is -2.08. The number of rotatable bonds is 3. The fourth-order valence-electron chi connectivity index (χ4n) is 2.34. The minimum absolute atomic E-state index is 0.0359. The van der Waals surface area contributed by atoms with Gasteiger partial charge in [-0.05, 0) is 30.7 Å². The number of aromatic nitrogens is 2. The molecule has 2 aromatic rings. The Balaban J connectivity index is 2.06. The number of allylic oxidation sites excluding steroid dienone is 1. The largest absolute Gasteiger partial charge is 0.493 e. The van der Waals surface area contributed by atoms with Crippen LogP contribution in [0.3, 0.4) is 0 Å². The van der Waals surface area contributed by atoms with Gasteiger partial charge in [0, 0.05) is 28.4 Å². The highest BCUT2D eigenvalue weighted by molar-refractivity contribution is 9.10. The molecule has 1 aliphatic rings. The molecule has 1 aromatic heterocycles. The van der Waals surface area contributed by atoms with Crippen LogP contribution in [-0.2, 0) is 6.54 Å². The smallest absolute Gasteiger partial charge is 0.328 e. The monoisotopic (exact) mass is 347 g/mol. The Bertz CT molecular complexity index is 815. The van der Waals surface area contributed by atoms with Gasteiger partial charge in [-0.15, -0.1) is 0 Å². The van der Waals surface area contributed by atoms with Crippen molar-refractivity contribution in [2.45, 2.75) is 19.9 Å². The lowest BCUT2D eigenvalue weighted by Crippen LogP contribution is -2.15. The summed E-state index contributed by atoms with van der Waals surface area (Å²) in [6.07, 6.45) is 4.25. The zero-order chi connectivity index (χ0) is 15.0. The van der Waals surface area contributed by atoms with Crippen molar-refractivity contribution in [2.24, 2.45) is 4.99 Å². The van der Waals surface area contributed by atoms with E-state index in [2.05, 4.69) is 25.9 Å². The highest BCUT2D eigenvalue weighted by Crippen LogP contribution is 2.35. The number of aliphatic imine (C=N–C) groups is 1. The molecule has 6 heteroatoms. The number of hydrogen-bond acceptors (Lipinski definition) is 3. The van der Waals surface area contributed by atoms with Crippen molar-refractivity contribution in [1.82, 2.24) is 9.55 Å². The Kier molecular flexibility index (Phi) is 3.55. The number of fused-ring (bicyclic) bond motifs is 1. The zero-order valence-corrected chi connectivity index (χ0v) is 13.0. The van der Waals surface area contributed by atoms with E-state index in [-0.39, 0.29) is 11.6 Å². The molecule has 0 amide bonds. The molecular formula is C15H14BrN3O2. The van der Waals surface area contributed by atoms with Gasteiger partial charge in [0.25, 0.3) is 0 Å². The van der Waals surface area contributed by atoms with E-state index >= 15 is 0 Å². The molecule has 0 unspecified atom stereocenters. The van der Waals surface area contributed by atoms with Crippen molar-refractivity contribution in [3.63, 3.8) is 0 Å². The van der Waals surface area contributed by atoms with Gasteiger partial charge in [0.1, 0.15) is 5.69 Å². The summed E-state index contributed by atoms with van der Waals surface area (Å²) in [5.74, 6) is -0.0359. The number of aromatic hydroxyl groups is 1. The molecule has 5 nitrogen and oxygen atoms in total. The summed E-state index contributed by atoms with van der Waals surface area (Å²) < 4.78 is 2.29. The van der Waals surface area contributed by atoms with Gasteiger partial charge in [-0.2, -0.15) is 0 Å². The lowest BCUT2D eigenvalue weighted by molar-refractivity contribution is 0.411. The Morgan fingerprint density at radius 1 is 1.48 bits per heavy atom. The van der Waals surface area contributed by atoms with Gasteiger partial charge in [0.05, 0.1) is 5.69 Å². The molecule has 0 radical (unpaired) electrons. The summed E-state index contributed by atoms with van der Waals surface area (Å²) in [4.78, 5) is 18.8. The molecule has 0 bridgehead atoms. The van der Waals surface area contributed by atoms with Gasteiger partial charge in [-0.25, -0.2) is 4.79 Å². The quantitative estimate of drug-likeness (QED) is 0.893. The van der Waals surface area contributed by atoms with Crippen molar-refractivity contribution in [3.05, 3.63) is 44.4 Å². The molecular weight excluding hydrogens is 334 g/mol. The summed E-state index contributed by atoms with van der Waals surface area (Å²) >= 11 is 3.43. The van der Waals surface area contributed by atoms with Gasteiger partial charge in [-0.1, -0.05) is 22.9 Å². The van der Waals surface area contributed by atoms with Crippen LogP contribution >= 0.6 is 15.9 Å². The second kappa shape index (κ2) is 5.37. The van der Waals surface area contributed by atoms with Crippen molar-refractivity contribution in [1.29, 1.82) is 0 Å². The maximum Gasteiger partial charge on any atom is 0.328 e. The van der Waals surface area contributed by atoms with Crippen molar-refractivity contribution in [2.75, 3.05) is 0 Å². The van der Waals surface area contributed by atoms with E-state index in [1.165, 1.54) is 4.57 Å². The summed E-state index contributed by atoms with van der Waals surface area (Å²) in [5, 5.41) is 10.1. The molecule has 1 aromatic carbocycles. The normalized spacial score (nSPS) is 14.9. The predicted octanol–water partition coefficient (Wildman–Crippen LogP) is 3.31. The lowest BCUT2D eigenvalue weighted by atomic mass is 10.1. The molecule has 0 saturated heterocycles. The van der Waals surface area contributed by atoms with Crippen LogP contribution in [0.15, 0.2) is 32.5 Å². The van der Waals surface area contributed by atoms with E-state index in [0.717, 1.165) is 27.7 Å². The third kappa shape index (κ3) is 2.47. The first kappa shape index (κ1) is 13.9. The average Bonchev–Trinajstić information content (AvgIpc) is 2.96. The van der Waals surface area contributed by atoms with Crippen LogP contribution < -0.4 is 5.69 Å². The van der Waals surface area contributed by atoms with Gasteiger partial charge in [0.2, 0.25) is 5.88 Å². The van der Waals surface area contributed by atoms with E-state index < -0.39 is 0 Å². The fourth-order valence-corrected chi connectivity index (χ4v) is 2.70. The topological polar surface area (TPSA) is 70.4 Å². The summed E-state index contributed by atoms with van der Waals surface area (Å²) in [7, 11) is 0. The standard InChI is InChI=1S/C15H14BrN3O2/c1-2-5-19-14(20)13(18-15(19)21)6-9-8-17-12-4-3-10(16)7-11(9)12/h3-4,6-8,20H,2,5H2,1H3,(H,18,21). The minimum atomic E-state index is -0.300. The zero-order valence-electron chi connectivity index (χ0n) is 11.4. The number of imidazole rings is 1. The maximum atomic E-state index is 11.8. The van der Waals surface area contributed by atoms with Crippen LogP contribution in [0.4, 0.5) is 5.69 Å². The minimum Gasteiger partial charge on any atom is -0.493 e. The van der Waals surface area contributed by atoms with Crippen LogP contribution in [0.2, 0.25) is 0 Å². The first-order valence-corrected chi connectivity index (χ1v) is 7.47. The summed E-state index contributed by atoms with van der Waals surface area (Å²) in [5.41, 5.74) is 2.80. The van der Waals surface area contributed by atoms with E-state index in [0.29, 0.717) is 12.2 Å². The van der Waals surface area contributed by atoms with Crippen LogP contribution in [0.1, 0.15) is 24.6 Å². The number of H-pyrrole nitrogens is 1. The second-order valence-electron chi connectivity index (χ2n) is 4.84. The number of hydrogen-bond donors (Lipinski definition) is 2. The molecule has 108 valence electrons. The second-order valence-corrected chi connectivity index (χ2v) is 5.75. The molecule has 2 heterocycles. The highest BCUT2D eigenvalue weighted by Gasteiger charge is 2.16. The molecule has 1 aliphatic heterocycles. The lowest BCUT2D eigenvalue weighted by Gasteiger charge is -2.01. The molecule has 0 saturated carbocycles. The Morgan fingerprint density at radius 3 is 3.05 bits per heavy atom. The summed E-state index contributed by atoms with van der Waals surface area (Å²) in [6, 6.07) is 5.81. The van der Waals surface area contributed by atoms with E-state index in [1.54, 1.807) is 12.3 Å². The van der Waals surface area contributed by atoms with Crippen LogP contribution in [0.25, 0.3) is 11.6 Å². The number of halogens is 1. The third-order valence-corrected chi connectivity index (χ3v) is 3.84. The first-order valence-electron chi connectivity index (χ1n) is 6.67. The van der Waals surface area contributed by atoms with Gasteiger partial charge in [-0.3, -0.25) is 9.56 Å². The molecule has 2 N–H and O–H groups in total. The molecule has 0 fully saturated rings. The number of nitrogens with one attached hydrogen (secondary N) is 1. The number of nitrogens with zero attached hydrogens (tertiary/aromatic N) is 2. The fraction of sp³-hybridized carbons (Fsp3) is 0.200. The van der Waals surface area contributed by atoms with Crippen molar-refractivity contribution in [3.8, 4) is 5.88 Å². The molecule has 0 spiro atoms. The average molecular weight is 348 g/mol. The third-order valence-electron chi connectivity index (χ3n) is 3.34. The van der Waals surface area contributed by atoms with E-state index in [9.17, 15) is 9.90 Å². The molecule has 0 atom stereocenters. The summed E-state index contributed by atoms with van der Waals surface area (Å²) in [6.45, 7) is 2.44. The number of benzene rings is 1. The highest BCUT2D eigenvalue weighted by atomic mass is 79.9. The predicted molar refractivity (Wildman–Crippen MR) is 87.2 cm³/mol. The Labute approximate surface area is 129 Å². The first-order chi connectivity index (χ1) is 10.1. The van der Waals surface area contributed by atoms with Crippen LogP contribution in [-0.4, -0.2) is 20.9 Å². The van der Waals surface area contributed by atoms with E-state index in [1.807, 2.05) is 25.1 Å². The van der Waals surface area contributed by atoms with Gasteiger partial charge < -0.3 is 10.1 Å². The van der Waals surface area contributed by atoms with Gasteiger partial charge in [0.15, 0.2) is 0 Å². The van der Waals surface area contributed by atoms with Crippen LogP contribution in [0, 0.1) is 0 Å². The van der Waals surface area contributed by atoms with Crippen LogP contribution in [0.5, 0.6) is 5.88 Å².